The van der Waals surface area contributed by atoms with Crippen molar-refractivity contribution in [2.24, 2.45) is 5.92 Å². The van der Waals surface area contributed by atoms with Crippen molar-refractivity contribution in [1.82, 2.24) is 0 Å². The van der Waals surface area contributed by atoms with E-state index in [1.807, 2.05) is 20.8 Å². The lowest BCUT2D eigenvalue weighted by Gasteiger charge is -2.22. The highest BCUT2D eigenvalue weighted by Gasteiger charge is 2.19. The molecule has 0 saturated carbocycles. The van der Waals surface area contributed by atoms with Crippen molar-refractivity contribution in [2.75, 3.05) is 13.2 Å². The van der Waals surface area contributed by atoms with E-state index in [1.54, 1.807) is 0 Å². The van der Waals surface area contributed by atoms with Crippen LogP contribution in [0.15, 0.2) is 0 Å². The monoisotopic (exact) mass is 288 g/mol. The van der Waals surface area contributed by atoms with Gasteiger partial charge in [0.15, 0.2) is 0 Å². The molecule has 0 bridgehead atoms. The van der Waals surface area contributed by atoms with Gasteiger partial charge in [0.1, 0.15) is 13.2 Å². The van der Waals surface area contributed by atoms with Crippen LogP contribution in [-0.2, 0) is 19.3 Å². The van der Waals surface area contributed by atoms with E-state index < -0.39 is 0 Å². The highest BCUT2D eigenvalue weighted by Crippen LogP contribution is 2.17. The van der Waals surface area contributed by atoms with Crippen molar-refractivity contribution in [3.63, 3.8) is 0 Å². The first kappa shape index (κ1) is 19.4. The van der Waals surface area contributed by atoms with Gasteiger partial charge in [0.05, 0.1) is 11.5 Å². The van der Waals surface area contributed by atoms with Gasteiger partial charge >= 0.3 is 5.97 Å². The van der Waals surface area contributed by atoms with Crippen molar-refractivity contribution >= 4 is 5.97 Å². The summed E-state index contributed by atoms with van der Waals surface area (Å²) in [5.74, 6) is -0.0928. The Hall–Kier alpha value is -0.610. The summed E-state index contributed by atoms with van der Waals surface area (Å²) in [6.07, 6.45) is 5.89. The molecule has 0 aromatic rings. The third-order valence-electron chi connectivity index (χ3n) is 3.28. The number of carbonyl (C=O) groups is 1. The second-order valence-corrected chi connectivity index (χ2v) is 5.83. The van der Waals surface area contributed by atoms with Crippen LogP contribution in [0.3, 0.4) is 0 Å². The zero-order valence-corrected chi connectivity index (χ0v) is 13.9. The molecule has 4 heteroatoms. The fourth-order valence-electron chi connectivity index (χ4n) is 2.08. The minimum Gasteiger partial charge on any atom is -0.463 e. The molecule has 0 N–H and O–H groups in total. The van der Waals surface area contributed by atoms with Gasteiger partial charge in [-0.3, -0.25) is 4.79 Å². The molecule has 0 spiro atoms. The quantitative estimate of drug-likeness (QED) is 0.233. The molecule has 0 aromatic carbocycles. The Labute approximate surface area is 124 Å². The van der Waals surface area contributed by atoms with Crippen LogP contribution in [0.5, 0.6) is 0 Å². The van der Waals surface area contributed by atoms with Crippen molar-refractivity contribution in [3.8, 4) is 0 Å². The Morgan fingerprint density at radius 3 is 2.35 bits per heavy atom. The molecule has 0 heterocycles. The van der Waals surface area contributed by atoms with Gasteiger partial charge in [0.25, 0.3) is 0 Å². The maximum absolute atomic E-state index is 11.8. The molecule has 0 saturated heterocycles. The Kier molecular flexibility index (Phi) is 10.8. The summed E-state index contributed by atoms with van der Waals surface area (Å²) in [6, 6.07) is 0. The van der Waals surface area contributed by atoms with E-state index in [4.69, 9.17) is 14.5 Å². The van der Waals surface area contributed by atoms with Crippen LogP contribution in [0, 0.1) is 5.92 Å². The van der Waals surface area contributed by atoms with E-state index >= 15 is 0 Å². The lowest BCUT2D eigenvalue weighted by atomic mass is 10.00. The molecule has 0 fully saturated rings. The molecule has 0 aliphatic rings. The number of ether oxygens (including phenoxy) is 1. The maximum atomic E-state index is 11.8. The topological polar surface area (TPSA) is 44.8 Å². The van der Waals surface area contributed by atoms with Gasteiger partial charge in [-0.05, 0) is 33.1 Å². The normalized spacial score (nSPS) is 13.2. The third kappa shape index (κ3) is 9.32. The van der Waals surface area contributed by atoms with Gasteiger partial charge in [-0.2, -0.15) is 0 Å². The summed E-state index contributed by atoms with van der Waals surface area (Å²) >= 11 is 0. The van der Waals surface area contributed by atoms with Crippen molar-refractivity contribution < 1.29 is 19.3 Å². The fraction of sp³-hybridized carbons (Fsp3) is 0.938. The van der Waals surface area contributed by atoms with Gasteiger partial charge in [0, 0.05) is 0 Å². The lowest BCUT2D eigenvalue weighted by Crippen LogP contribution is -2.26. The van der Waals surface area contributed by atoms with Crippen molar-refractivity contribution in [2.45, 2.75) is 78.7 Å². The van der Waals surface area contributed by atoms with E-state index in [1.165, 1.54) is 0 Å². The molecule has 0 aromatic heterocycles. The summed E-state index contributed by atoms with van der Waals surface area (Å²) in [6.45, 7) is 10.8. The zero-order valence-electron chi connectivity index (χ0n) is 13.9. The Morgan fingerprint density at radius 2 is 1.80 bits per heavy atom. The Morgan fingerprint density at radius 1 is 1.10 bits per heavy atom. The molecule has 0 radical (unpaired) electrons. The predicted octanol–water partition coefficient (Wildman–Crippen LogP) is 4.27. The molecule has 20 heavy (non-hydrogen) atoms. The molecule has 1 atom stereocenters. The van der Waals surface area contributed by atoms with Crippen molar-refractivity contribution in [1.29, 1.82) is 0 Å². The van der Waals surface area contributed by atoms with Crippen LogP contribution in [-0.4, -0.2) is 24.8 Å². The first-order valence-electron chi connectivity index (χ1n) is 7.94. The van der Waals surface area contributed by atoms with E-state index in [2.05, 4.69) is 13.8 Å². The number of unbranched alkanes of at least 4 members (excludes halogenated alkanes) is 1. The summed E-state index contributed by atoms with van der Waals surface area (Å²) in [5, 5.41) is 0. The number of carbonyl (C=O) groups excluding carboxylic acids is 1. The molecule has 0 amide bonds. The van der Waals surface area contributed by atoms with Gasteiger partial charge in [-0.1, -0.05) is 40.0 Å². The Balaban J connectivity index is 3.75. The van der Waals surface area contributed by atoms with Crippen LogP contribution in [0.25, 0.3) is 0 Å². The van der Waals surface area contributed by atoms with E-state index in [-0.39, 0.29) is 30.7 Å². The molecular formula is C16H32O4. The van der Waals surface area contributed by atoms with Crippen LogP contribution >= 0.6 is 0 Å². The second kappa shape index (κ2) is 11.1. The maximum Gasteiger partial charge on any atom is 0.309 e. The first-order chi connectivity index (χ1) is 9.46. The summed E-state index contributed by atoms with van der Waals surface area (Å²) in [7, 11) is 0. The predicted molar refractivity (Wildman–Crippen MR) is 80.3 cm³/mol. The number of hydrogen-bond acceptors (Lipinski definition) is 4. The first-order valence-corrected chi connectivity index (χ1v) is 7.94. The fourth-order valence-corrected chi connectivity index (χ4v) is 2.08. The average molecular weight is 288 g/mol. The van der Waals surface area contributed by atoms with Crippen LogP contribution in [0.2, 0.25) is 0 Å². The summed E-state index contributed by atoms with van der Waals surface area (Å²) < 4.78 is 5.22. The molecule has 4 nitrogen and oxygen atoms in total. The smallest absolute Gasteiger partial charge is 0.309 e. The molecule has 0 aliphatic heterocycles. The molecule has 0 rings (SSSR count). The van der Waals surface area contributed by atoms with E-state index in [0.29, 0.717) is 0 Å². The largest absolute Gasteiger partial charge is 0.463 e. The van der Waals surface area contributed by atoms with Gasteiger partial charge in [-0.15, -0.1) is 0 Å². The minimum absolute atomic E-state index is 0.0207. The van der Waals surface area contributed by atoms with E-state index in [0.717, 1.165) is 38.5 Å². The zero-order chi connectivity index (χ0) is 15.4. The van der Waals surface area contributed by atoms with Crippen LogP contribution < -0.4 is 0 Å². The average Bonchev–Trinajstić information content (AvgIpc) is 2.39. The van der Waals surface area contributed by atoms with Crippen molar-refractivity contribution in [3.05, 3.63) is 0 Å². The van der Waals surface area contributed by atoms with Crippen LogP contribution in [0.4, 0.5) is 0 Å². The number of rotatable bonds is 12. The summed E-state index contributed by atoms with van der Waals surface area (Å²) in [5.41, 5.74) is -0.286. The number of esters is 1. The third-order valence-corrected chi connectivity index (χ3v) is 3.28. The molecule has 1 unspecified atom stereocenters. The molecule has 0 aliphatic carbocycles. The second-order valence-electron chi connectivity index (χ2n) is 5.83. The summed E-state index contributed by atoms with van der Waals surface area (Å²) in [4.78, 5) is 22.3. The van der Waals surface area contributed by atoms with E-state index in [9.17, 15) is 4.79 Å². The standard InChI is InChI=1S/C16H32O4/c1-6-9-10-14(8-3)15(17)18-12-13-19-20-16(4,5)11-7-2/h14H,6-13H2,1-5H3. The van der Waals surface area contributed by atoms with Crippen LogP contribution in [0.1, 0.15) is 73.1 Å². The molecular weight excluding hydrogens is 256 g/mol. The minimum atomic E-state index is -0.286. The SMILES string of the molecule is CCCCC(CC)C(=O)OCCOOC(C)(C)CCC. The van der Waals surface area contributed by atoms with Gasteiger partial charge < -0.3 is 4.74 Å². The molecule has 120 valence electrons. The number of hydrogen-bond donors (Lipinski definition) is 0. The Bertz CT molecular complexity index is 251. The lowest BCUT2D eigenvalue weighted by molar-refractivity contribution is -0.356. The van der Waals surface area contributed by atoms with Gasteiger partial charge in [0.2, 0.25) is 0 Å². The highest BCUT2D eigenvalue weighted by molar-refractivity contribution is 5.72. The highest BCUT2D eigenvalue weighted by atomic mass is 17.2. The van der Waals surface area contributed by atoms with Gasteiger partial charge in [-0.25, -0.2) is 9.78 Å².